The molecule has 6 rings (SSSR count). The number of hydrogen-bond donors (Lipinski definition) is 0. The van der Waals surface area contributed by atoms with Crippen molar-refractivity contribution in [2.75, 3.05) is 13.7 Å². The molecule has 0 N–H and O–H groups in total. The molecule has 6 aliphatic rings. The molecular weight excluding hydrogens is 855 g/mol. The standard InChI is InChI=1S/C45H63Cl3O13/c1-23(49)56-22-29-32(57-24(2)50)33(58-25(3)51)34(61-38(54)45(46,47)48)36(59-29)60-31-13-14-42(8)30(39(31,4)5)12-15-44(10)35(42)28(52)20-26-27-21-41(7,37(53)55-11)17-16-40(27,6)18-19-43(26,44)9/h20,27,29-36H,12-19,21-22H2,1-11H3/t27-,29-,30+,31+,32-,33+,34-,35-,36-,40-,41+,42+,43-,44-/m1/s1. The van der Waals surface area contributed by atoms with Gasteiger partial charge in [0.25, 0.3) is 3.79 Å². The number of carbonyl (C=O) groups excluding carboxylic acids is 6. The van der Waals surface area contributed by atoms with E-state index in [9.17, 15) is 24.0 Å². The van der Waals surface area contributed by atoms with Gasteiger partial charge in [0.1, 0.15) is 12.7 Å². The Balaban J connectivity index is 1.34. The third kappa shape index (κ3) is 8.27. The molecule has 0 aromatic carbocycles. The molecule has 0 aromatic rings. The number of fused-ring (bicyclic) bond motifs is 7. The Morgan fingerprint density at radius 3 is 2.00 bits per heavy atom. The maximum atomic E-state index is 15.0. The summed E-state index contributed by atoms with van der Waals surface area (Å²) in [6, 6.07) is 0. The Labute approximate surface area is 374 Å². The summed E-state index contributed by atoms with van der Waals surface area (Å²) in [5.74, 6) is -3.85. The van der Waals surface area contributed by atoms with Crippen molar-refractivity contribution < 1.29 is 61.9 Å². The van der Waals surface area contributed by atoms with Gasteiger partial charge < -0.3 is 33.2 Å². The normalized spacial score (nSPS) is 42.8. The van der Waals surface area contributed by atoms with Crippen LogP contribution in [0, 0.1) is 50.2 Å². The number of halogens is 3. The van der Waals surface area contributed by atoms with Crippen LogP contribution < -0.4 is 0 Å². The number of hydrogen-bond acceptors (Lipinski definition) is 13. The highest BCUT2D eigenvalue weighted by Crippen LogP contribution is 2.75. The fourth-order valence-corrected chi connectivity index (χ4v) is 13.4. The summed E-state index contributed by atoms with van der Waals surface area (Å²) in [5.41, 5.74) is -1.13. The van der Waals surface area contributed by atoms with Crippen LogP contribution in [0.25, 0.3) is 0 Å². The van der Waals surface area contributed by atoms with Crippen molar-refractivity contribution in [2.45, 2.75) is 168 Å². The first-order chi connectivity index (χ1) is 28.1. The molecule has 4 saturated carbocycles. The number of rotatable bonds is 8. The second kappa shape index (κ2) is 16.5. The van der Waals surface area contributed by atoms with Crippen LogP contribution in [0.1, 0.15) is 127 Å². The second-order valence-electron chi connectivity index (χ2n) is 20.6. The average molecular weight is 918 g/mol. The zero-order valence-corrected chi connectivity index (χ0v) is 39.6. The Bertz CT molecular complexity index is 1840. The summed E-state index contributed by atoms with van der Waals surface area (Å²) in [6.45, 7) is 18.5. The van der Waals surface area contributed by atoms with Gasteiger partial charge in [-0.05, 0) is 110 Å². The lowest BCUT2D eigenvalue weighted by Gasteiger charge is -2.70. The molecule has 0 radical (unpaired) electrons. The second-order valence-corrected chi connectivity index (χ2v) is 22.9. The van der Waals surface area contributed by atoms with Gasteiger partial charge in [-0.3, -0.25) is 24.0 Å². The fourth-order valence-electron chi connectivity index (χ4n) is 13.3. The predicted octanol–water partition coefficient (Wildman–Crippen LogP) is 7.96. The van der Waals surface area contributed by atoms with Crippen molar-refractivity contribution in [3.8, 4) is 0 Å². The lowest BCUT2D eigenvalue weighted by Crippen LogP contribution is -2.68. The lowest BCUT2D eigenvalue weighted by atomic mass is 9.33. The molecule has 16 heteroatoms. The van der Waals surface area contributed by atoms with Gasteiger partial charge in [-0.1, -0.05) is 81.9 Å². The minimum absolute atomic E-state index is 0.0170. The van der Waals surface area contributed by atoms with Gasteiger partial charge >= 0.3 is 29.8 Å². The van der Waals surface area contributed by atoms with Gasteiger partial charge in [0, 0.05) is 26.7 Å². The average Bonchev–Trinajstić information content (AvgIpc) is 3.14. The number of ether oxygens (including phenoxy) is 7. The highest BCUT2D eigenvalue weighted by atomic mass is 35.6. The van der Waals surface area contributed by atoms with E-state index in [-0.39, 0.29) is 45.8 Å². The minimum Gasteiger partial charge on any atom is -0.469 e. The van der Waals surface area contributed by atoms with Crippen molar-refractivity contribution in [1.82, 2.24) is 0 Å². The van der Waals surface area contributed by atoms with Crippen LogP contribution in [-0.4, -0.2) is 89.9 Å². The first-order valence-electron chi connectivity index (χ1n) is 21.5. The van der Waals surface area contributed by atoms with E-state index in [0.717, 1.165) is 52.4 Å². The van der Waals surface area contributed by atoms with Crippen molar-refractivity contribution in [3.05, 3.63) is 11.6 Å². The molecule has 1 heterocycles. The number of ketones is 1. The fraction of sp³-hybridized carbons (Fsp3) is 0.822. The summed E-state index contributed by atoms with van der Waals surface area (Å²) in [4.78, 5) is 78.2. The van der Waals surface area contributed by atoms with Gasteiger partial charge in [0.15, 0.2) is 30.4 Å². The summed E-state index contributed by atoms with van der Waals surface area (Å²) in [6.07, 6.45) is 1.06. The molecule has 5 aliphatic carbocycles. The van der Waals surface area contributed by atoms with E-state index in [1.54, 1.807) is 0 Å². The molecule has 13 nitrogen and oxygen atoms in total. The zero-order valence-electron chi connectivity index (χ0n) is 37.3. The van der Waals surface area contributed by atoms with E-state index < -0.39 is 87.3 Å². The molecule has 61 heavy (non-hydrogen) atoms. The Kier molecular flexibility index (Phi) is 13.0. The van der Waals surface area contributed by atoms with E-state index in [1.165, 1.54) is 19.6 Å². The number of allylic oxidation sites excluding steroid dienone is 2. The number of esters is 5. The van der Waals surface area contributed by atoms with Crippen LogP contribution in [0.2, 0.25) is 0 Å². The third-order valence-corrected chi connectivity index (χ3v) is 17.1. The maximum Gasteiger partial charge on any atom is 0.359 e. The van der Waals surface area contributed by atoms with Crippen LogP contribution in [0.5, 0.6) is 0 Å². The van der Waals surface area contributed by atoms with E-state index >= 15 is 4.79 Å². The molecule has 14 atom stereocenters. The van der Waals surface area contributed by atoms with E-state index in [4.69, 9.17) is 68.0 Å². The summed E-state index contributed by atoms with van der Waals surface area (Å²) in [5, 5.41) is 0. The van der Waals surface area contributed by atoms with Crippen molar-refractivity contribution in [2.24, 2.45) is 50.2 Å². The Hall–Kier alpha value is -2.45. The highest BCUT2D eigenvalue weighted by Gasteiger charge is 2.71. The monoisotopic (exact) mass is 916 g/mol. The first-order valence-corrected chi connectivity index (χ1v) is 22.6. The molecule has 1 saturated heterocycles. The van der Waals surface area contributed by atoms with E-state index in [1.807, 2.05) is 13.0 Å². The number of methoxy groups -OCH3 is 1. The largest absolute Gasteiger partial charge is 0.469 e. The Morgan fingerprint density at radius 2 is 1.41 bits per heavy atom. The zero-order chi connectivity index (χ0) is 45.5. The topological polar surface area (TPSA) is 167 Å². The molecular formula is C45H63Cl3O13. The molecule has 0 spiro atoms. The SMILES string of the molecule is COC(=O)[C@@]1(C)CC[C@]2(C)CC[C@]3(C)C(=CC(=O)[C@@H]4[C@@]5(C)CC[C@H](O[C@H]6O[C@H](COC(C)=O)[C@@H](OC(C)=O)[C@H](OC(C)=O)[C@H]6OC(=O)C(Cl)(Cl)Cl)C(C)(C)[C@@H]5CC[C@]43C)[C@H]2C1. The highest BCUT2D eigenvalue weighted by molar-refractivity contribution is 6.75. The van der Waals surface area contributed by atoms with Gasteiger partial charge in [-0.15, -0.1) is 0 Å². The van der Waals surface area contributed by atoms with Crippen molar-refractivity contribution >= 4 is 70.4 Å². The Morgan fingerprint density at radius 1 is 0.787 bits per heavy atom. The van der Waals surface area contributed by atoms with Crippen LogP contribution in [0.4, 0.5) is 0 Å². The van der Waals surface area contributed by atoms with E-state index in [2.05, 4.69) is 41.5 Å². The van der Waals surface area contributed by atoms with Gasteiger partial charge in [-0.25, -0.2) is 4.79 Å². The molecule has 0 bridgehead atoms. The number of carbonyl (C=O) groups is 6. The van der Waals surface area contributed by atoms with Gasteiger partial charge in [-0.2, -0.15) is 0 Å². The van der Waals surface area contributed by atoms with Crippen LogP contribution in [-0.2, 0) is 61.9 Å². The van der Waals surface area contributed by atoms with Gasteiger partial charge in [0.05, 0.1) is 18.6 Å². The van der Waals surface area contributed by atoms with Gasteiger partial charge in [0.2, 0.25) is 0 Å². The maximum absolute atomic E-state index is 15.0. The molecule has 0 unspecified atom stereocenters. The summed E-state index contributed by atoms with van der Waals surface area (Å²) >= 11 is 17.8. The predicted molar refractivity (Wildman–Crippen MR) is 223 cm³/mol. The molecule has 0 aromatic heterocycles. The molecule has 1 aliphatic heterocycles. The van der Waals surface area contributed by atoms with Crippen molar-refractivity contribution in [3.63, 3.8) is 0 Å². The van der Waals surface area contributed by atoms with Crippen LogP contribution in [0.3, 0.4) is 0 Å². The quantitative estimate of drug-likeness (QED) is 0.0997. The van der Waals surface area contributed by atoms with E-state index in [0.29, 0.717) is 19.3 Å². The summed E-state index contributed by atoms with van der Waals surface area (Å²) in [7, 11) is 1.45. The van der Waals surface area contributed by atoms with Crippen LogP contribution in [0.15, 0.2) is 11.6 Å². The molecule has 342 valence electrons. The van der Waals surface area contributed by atoms with Crippen molar-refractivity contribution in [1.29, 1.82) is 0 Å². The first kappa shape index (κ1) is 48.0. The third-order valence-electron chi connectivity index (χ3n) is 16.6. The molecule has 0 amide bonds. The summed E-state index contributed by atoms with van der Waals surface area (Å²) < 4.78 is 38.1. The minimum atomic E-state index is -2.55. The molecule has 5 fully saturated rings. The lowest BCUT2D eigenvalue weighted by molar-refractivity contribution is -0.332. The smallest absolute Gasteiger partial charge is 0.359 e. The van der Waals surface area contributed by atoms with Crippen LogP contribution >= 0.6 is 34.8 Å². The number of alkyl halides is 3.